The molecule has 12 rings (SSSR count). The van der Waals surface area contributed by atoms with Crippen molar-refractivity contribution in [3.8, 4) is 12.1 Å². The lowest BCUT2D eigenvalue weighted by molar-refractivity contribution is -0.167. The number of allylic oxidation sites excluding steroid dienone is 2. The van der Waals surface area contributed by atoms with Crippen molar-refractivity contribution in [3.63, 3.8) is 0 Å². The van der Waals surface area contributed by atoms with Gasteiger partial charge in [-0.05, 0) is 87.7 Å². The monoisotopic (exact) mass is 1340 g/mol. The molecule has 2 aromatic heterocycles. The SMILES string of the molecule is CC1=C(C#N)C(=O)N(C(=O)OCc2ccccc2)C(=O)/C1=C/C1=CC2=C(c3sc4cc(/C=C5/C(=O)N(C(=O)OCc6ccccc6)C(=O)C(C#N)=C5C)sc4c3C2(C(=O)OCc2ccccc2)C(=O)OCc2ccccc2)C1(C(=O)OCc1ccccc1)C(=O)OCc1ccccc1. The predicted octanol–water partition coefficient (Wildman–Crippen LogP) is 12.3. The zero-order valence-electron chi connectivity index (χ0n) is 52.0. The van der Waals surface area contributed by atoms with Gasteiger partial charge in [-0.2, -0.15) is 20.3 Å². The number of nitriles is 2. The minimum atomic E-state index is -3.03. The van der Waals surface area contributed by atoms with Crippen molar-refractivity contribution < 1.29 is 76.4 Å². The highest BCUT2D eigenvalue weighted by molar-refractivity contribution is 7.29. The number of benzene rings is 6. The summed E-state index contributed by atoms with van der Waals surface area (Å²) in [6.07, 6.45) is 0.624. The Morgan fingerprint density at radius 3 is 1.11 bits per heavy atom. The van der Waals surface area contributed by atoms with E-state index in [1.54, 1.807) is 194 Å². The van der Waals surface area contributed by atoms with Crippen LogP contribution in [0.2, 0.25) is 0 Å². The molecule has 2 aliphatic heterocycles. The Hall–Kier alpha value is -12.5. The topological polar surface area (TPSA) is 280 Å². The molecule has 20 nitrogen and oxygen atoms in total. The lowest BCUT2D eigenvalue weighted by atomic mass is 9.74. The standard InChI is InChI=1S/C76H52N4O16S2/c1-45-55(65(81)79(67(83)57(45)37-77)73(89)95-43-51-29-17-7-18-30-51)33-53-34-59-61(75(53,69(85)91-39-47-21-9-3-10-22-47)70(86)92-40-48-23-11-4-12-24-48)64-62(76(59,71(87)93-41-49-25-13-5-14-26-49)72(88)94-42-50-27-15-6-16-28-50)63-60(98-64)36-54(97-63)35-56-46(2)58(38-78)68(84)80(66(56)82)74(90)96-44-52-31-19-8-20-32-52/h3-36H,39-44H2,1-2H3/b55-33+,56-35+. The van der Waals surface area contributed by atoms with Crippen LogP contribution in [0.5, 0.6) is 0 Å². The molecule has 6 amide bonds. The number of nitrogens with zero attached hydrogens (tertiary/aromatic N) is 4. The van der Waals surface area contributed by atoms with E-state index in [0.717, 1.165) is 34.8 Å². The van der Waals surface area contributed by atoms with Crippen LogP contribution in [0.15, 0.2) is 245 Å². The second kappa shape index (κ2) is 27.8. The van der Waals surface area contributed by atoms with Crippen LogP contribution in [-0.4, -0.2) is 69.5 Å². The summed E-state index contributed by atoms with van der Waals surface area (Å²) in [5.74, 6) is -10.4. The fourth-order valence-corrected chi connectivity index (χ4v) is 14.6. The maximum atomic E-state index is 16.4. The number of hydrogen-bond donors (Lipinski definition) is 0. The van der Waals surface area contributed by atoms with Crippen molar-refractivity contribution in [2.75, 3.05) is 0 Å². The molecule has 0 atom stereocenters. The van der Waals surface area contributed by atoms with E-state index in [9.17, 15) is 34.5 Å². The van der Waals surface area contributed by atoms with Crippen LogP contribution in [0.25, 0.3) is 21.0 Å². The summed E-state index contributed by atoms with van der Waals surface area (Å²) in [5.41, 5.74) is -7.16. The molecule has 484 valence electrons. The molecule has 98 heavy (non-hydrogen) atoms. The molecule has 0 saturated heterocycles. The Morgan fingerprint density at radius 2 is 0.765 bits per heavy atom. The van der Waals surface area contributed by atoms with Gasteiger partial charge in [-0.1, -0.05) is 188 Å². The van der Waals surface area contributed by atoms with Gasteiger partial charge in [0.05, 0.1) is 4.70 Å². The van der Waals surface area contributed by atoms with Gasteiger partial charge in [0.2, 0.25) is 10.8 Å². The van der Waals surface area contributed by atoms with Gasteiger partial charge < -0.3 is 28.4 Å². The van der Waals surface area contributed by atoms with E-state index in [2.05, 4.69) is 0 Å². The number of fused-ring (bicyclic) bond motifs is 4. The molecule has 0 unspecified atom stereocenters. The third-order valence-electron chi connectivity index (χ3n) is 16.7. The van der Waals surface area contributed by atoms with Crippen LogP contribution >= 0.6 is 22.7 Å². The minimum absolute atomic E-state index is 0.0810. The smallest absolute Gasteiger partial charge is 0.424 e. The number of thiophene rings is 2. The quantitative estimate of drug-likeness (QED) is 0.0254. The van der Waals surface area contributed by atoms with Crippen LogP contribution in [-0.2, 0) is 112 Å². The van der Waals surface area contributed by atoms with Crippen molar-refractivity contribution in [3.05, 3.63) is 293 Å². The number of ether oxygens (including phenoxy) is 6. The maximum absolute atomic E-state index is 16.4. The maximum Gasteiger partial charge on any atom is 0.424 e. The molecular formula is C76H52N4O16S2. The normalized spacial score (nSPS) is 16.1. The van der Waals surface area contributed by atoms with Crippen molar-refractivity contribution in [1.82, 2.24) is 9.80 Å². The zero-order valence-corrected chi connectivity index (χ0v) is 53.6. The Balaban J connectivity index is 1.10. The van der Waals surface area contributed by atoms with Crippen LogP contribution in [0.3, 0.4) is 0 Å². The Morgan fingerprint density at radius 1 is 0.439 bits per heavy atom. The molecule has 0 bridgehead atoms. The van der Waals surface area contributed by atoms with Gasteiger partial charge >= 0.3 is 36.1 Å². The number of amides is 6. The molecule has 0 saturated carbocycles. The Labute approximate surface area is 567 Å². The summed E-state index contributed by atoms with van der Waals surface area (Å²) in [6.45, 7) is -0.114. The summed E-state index contributed by atoms with van der Waals surface area (Å²) >= 11 is 1.77. The number of carbonyl (C=O) groups excluding carboxylic acids is 10. The van der Waals surface area contributed by atoms with E-state index >= 15 is 24.0 Å². The third-order valence-corrected chi connectivity index (χ3v) is 19.1. The molecule has 0 N–H and O–H groups in total. The van der Waals surface area contributed by atoms with Crippen molar-refractivity contribution in [2.45, 2.75) is 58.9 Å². The summed E-state index contributed by atoms with van der Waals surface area (Å²) in [5, 5.41) is 21.0. The van der Waals surface area contributed by atoms with E-state index in [-0.39, 0.29) is 63.4 Å². The highest BCUT2D eigenvalue weighted by atomic mass is 32.1. The average molecular weight is 1340 g/mol. The Kier molecular flexibility index (Phi) is 18.6. The first-order chi connectivity index (χ1) is 47.5. The van der Waals surface area contributed by atoms with E-state index in [4.69, 9.17) is 28.4 Å². The Bertz CT molecular complexity index is 4830. The predicted molar refractivity (Wildman–Crippen MR) is 353 cm³/mol. The average Bonchev–Trinajstić information content (AvgIpc) is 1.49. The first kappa shape index (κ1) is 65.6. The molecule has 22 heteroatoms. The van der Waals surface area contributed by atoms with Gasteiger partial charge in [0.15, 0.2) is 0 Å². The highest BCUT2D eigenvalue weighted by Crippen LogP contribution is 2.66. The molecule has 4 aliphatic rings. The molecule has 0 fully saturated rings. The van der Waals surface area contributed by atoms with Crippen LogP contribution in [0, 0.1) is 28.1 Å². The largest absolute Gasteiger partial charge is 0.459 e. The number of hydrogen-bond acceptors (Lipinski definition) is 20. The number of imide groups is 6. The molecular weight excluding hydrogens is 1290 g/mol. The van der Waals surface area contributed by atoms with Gasteiger partial charge in [0.25, 0.3) is 23.6 Å². The van der Waals surface area contributed by atoms with E-state index in [1.165, 1.54) is 19.9 Å². The fraction of sp³-hybridized carbons (Fsp3) is 0.132. The van der Waals surface area contributed by atoms with Crippen LogP contribution in [0.1, 0.15) is 62.5 Å². The summed E-state index contributed by atoms with van der Waals surface area (Å²) in [4.78, 5) is 152. The first-order valence-corrected chi connectivity index (χ1v) is 31.9. The number of rotatable bonds is 18. The summed E-state index contributed by atoms with van der Waals surface area (Å²) in [6, 6.07) is 55.5. The van der Waals surface area contributed by atoms with Crippen molar-refractivity contribution >= 4 is 103 Å². The van der Waals surface area contributed by atoms with Gasteiger partial charge in [-0.3, -0.25) is 38.4 Å². The van der Waals surface area contributed by atoms with Crippen molar-refractivity contribution in [1.29, 1.82) is 10.5 Å². The zero-order chi connectivity index (χ0) is 68.8. The molecule has 8 aromatic rings. The second-order valence-corrected chi connectivity index (χ2v) is 24.7. The summed E-state index contributed by atoms with van der Waals surface area (Å²) in [7, 11) is 0. The fourth-order valence-electron chi connectivity index (χ4n) is 11.8. The first-order valence-electron chi connectivity index (χ1n) is 30.2. The summed E-state index contributed by atoms with van der Waals surface area (Å²) < 4.78 is 36.4. The minimum Gasteiger partial charge on any atom is -0.459 e. The molecule has 4 heterocycles. The van der Waals surface area contributed by atoms with Gasteiger partial charge in [-0.25, -0.2) is 9.59 Å². The van der Waals surface area contributed by atoms with Crippen molar-refractivity contribution in [2.24, 2.45) is 5.41 Å². The van der Waals surface area contributed by atoms with Gasteiger partial charge in [0.1, 0.15) is 62.9 Å². The van der Waals surface area contributed by atoms with Gasteiger partial charge in [-0.15, -0.1) is 22.7 Å². The van der Waals surface area contributed by atoms with E-state index in [1.807, 2.05) is 6.07 Å². The lowest BCUT2D eigenvalue weighted by Crippen LogP contribution is -2.47. The van der Waals surface area contributed by atoms with E-state index < -0.39 is 131 Å². The molecule has 0 spiro atoms. The second-order valence-electron chi connectivity index (χ2n) is 22.6. The third kappa shape index (κ3) is 12.0. The van der Waals surface area contributed by atoms with E-state index in [0.29, 0.717) is 33.4 Å². The number of esters is 4. The van der Waals surface area contributed by atoms with Crippen LogP contribution in [0.4, 0.5) is 9.59 Å². The molecule has 0 radical (unpaired) electrons. The highest BCUT2D eigenvalue weighted by Gasteiger charge is 2.70. The molecule has 6 aromatic carbocycles. The van der Waals surface area contributed by atoms with Gasteiger partial charge in [0, 0.05) is 36.7 Å². The number of carbonyl (C=O) groups is 10. The van der Waals surface area contributed by atoms with Crippen LogP contribution < -0.4 is 0 Å². The lowest BCUT2D eigenvalue weighted by Gasteiger charge is -2.31. The molecule has 2 aliphatic carbocycles.